The summed E-state index contributed by atoms with van der Waals surface area (Å²) in [7, 11) is 0. The van der Waals surface area contributed by atoms with E-state index in [-0.39, 0.29) is 0 Å². The summed E-state index contributed by atoms with van der Waals surface area (Å²) >= 11 is 0. The van der Waals surface area contributed by atoms with Crippen LogP contribution in [0.15, 0.2) is 29.8 Å². The van der Waals surface area contributed by atoms with Crippen molar-refractivity contribution in [2.45, 2.75) is 27.7 Å². The fourth-order valence-corrected chi connectivity index (χ4v) is 1.66. The molecule has 0 atom stereocenters. The lowest BCUT2D eigenvalue weighted by molar-refractivity contribution is 1.38. The molecule has 0 heterocycles. The van der Waals surface area contributed by atoms with E-state index in [9.17, 15) is 0 Å². The first-order valence-corrected chi connectivity index (χ1v) is 5.52. The molecule has 0 aliphatic rings. The first kappa shape index (κ1) is 12.4. The Kier molecular flexibility index (Phi) is 4.24. The van der Waals surface area contributed by atoms with Gasteiger partial charge < -0.3 is 0 Å². The minimum Gasteiger partial charge on any atom is -0.261 e. The average molecular weight is 213 g/mol. The van der Waals surface area contributed by atoms with E-state index in [0.717, 1.165) is 16.8 Å². The molecule has 1 rings (SSSR count). The molecule has 0 aliphatic heterocycles. The molecule has 0 amide bonds. The lowest BCUT2D eigenvalue weighted by Gasteiger charge is -2.09. The van der Waals surface area contributed by atoms with Gasteiger partial charge in [0.1, 0.15) is 0 Å². The Labute approximate surface area is 98.2 Å². The lowest BCUT2D eigenvalue weighted by atomic mass is 9.99. The number of rotatable bonds is 3. The third kappa shape index (κ3) is 2.69. The minimum atomic E-state index is 0.994. The quantitative estimate of drug-likeness (QED) is 0.640. The predicted octanol–water partition coefficient (Wildman–Crippen LogP) is 4.78. The van der Waals surface area contributed by atoms with Gasteiger partial charge >= 0.3 is 0 Å². The van der Waals surface area contributed by atoms with E-state index >= 15 is 0 Å². The highest BCUT2D eigenvalue weighted by Crippen LogP contribution is 2.29. The number of hydrogen-bond donors (Lipinski definition) is 0. The van der Waals surface area contributed by atoms with Crippen molar-refractivity contribution in [1.29, 1.82) is 0 Å². The first-order valence-electron chi connectivity index (χ1n) is 5.52. The van der Waals surface area contributed by atoms with Gasteiger partial charge in [-0.2, -0.15) is 0 Å². The molecule has 0 N–H and O–H groups in total. The number of aliphatic imine (C=N–C) groups is 1. The number of benzene rings is 1. The molecular weight excluding hydrogens is 194 g/mol. The Balaban J connectivity index is 3.42. The highest BCUT2D eigenvalue weighted by atomic mass is 14.7. The molecule has 1 aromatic rings. The van der Waals surface area contributed by atoms with Crippen LogP contribution in [-0.2, 0) is 0 Å². The standard InChI is InChI=1S/C15H19N/c1-6-8-13-10-15(16-7-2)14(11(3)4)9-12(13)5/h6-10H,3H2,1-2,4-5H3/b8-6-,16-7-. The maximum atomic E-state index is 4.39. The van der Waals surface area contributed by atoms with Gasteiger partial charge in [-0.15, -0.1) is 0 Å². The van der Waals surface area contributed by atoms with Crippen LogP contribution >= 0.6 is 0 Å². The summed E-state index contributed by atoms with van der Waals surface area (Å²) in [5.41, 5.74) is 5.65. The van der Waals surface area contributed by atoms with Crippen LogP contribution in [0, 0.1) is 6.92 Å². The third-order valence-corrected chi connectivity index (χ3v) is 2.46. The van der Waals surface area contributed by atoms with E-state index in [1.165, 1.54) is 11.1 Å². The van der Waals surface area contributed by atoms with Crippen LogP contribution in [0.5, 0.6) is 0 Å². The molecule has 1 nitrogen and oxygen atoms in total. The topological polar surface area (TPSA) is 12.4 Å². The van der Waals surface area contributed by atoms with E-state index in [1.54, 1.807) is 0 Å². The summed E-state index contributed by atoms with van der Waals surface area (Å²) < 4.78 is 0. The molecule has 0 aromatic heterocycles. The van der Waals surface area contributed by atoms with E-state index in [0.29, 0.717) is 0 Å². The van der Waals surface area contributed by atoms with E-state index in [4.69, 9.17) is 0 Å². The smallest absolute Gasteiger partial charge is 0.0706 e. The zero-order chi connectivity index (χ0) is 12.1. The number of nitrogens with zero attached hydrogens (tertiary/aromatic N) is 1. The third-order valence-electron chi connectivity index (χ3n) is 2.46. The van der Waals surface area contributed by atoms with Crippen LogP contribution < -0.4 is 0 Å². The number of aryl methyl sites for hydroxylation is 1. The van der Waals surface area contributed by atoms with Crippen LogP contribution in [0.25, 0.3) is 11.6 Å². The van der Waals surface area contributed by atoms with Gasteiger partial charge in [0, 0.05) is 11.8 Å². The van der Waals surface area contributed by atoms with E-state index in [1.807, 2.05) is 33.1 Å². The van der Waals surface area contributed by atoms with E-state index < -0.39 is 0 Å². The average Bonchev–Trinajstić information content (AvgIpc) is 2.23. The largest absolute Gasteiger partial charge is 0.261 e. The second kappa shape index (κ2) is 5.45. The summed E-state index contributed by atoms with van der Waals surface area (Å²) in [6.45, 7) is 12.1. The monoisotopic (exact) mass is 213 g/mol. The SMILES string of the molecule is C=C(C)c1cc(C)c(/C=C\C)cc1/N=C\C. The van der Waals surface area contributed by atoms with Crippen molar-refractivity contribution >= 4 is 23.6 Å². The Bertz CT molecular complexity index is 451. The van der Waals surface area contributed by atoms with Gasteiger partial charge in [0.25, 0.3) is 0 Å². The van der Waals surface area contributed by atoms with Gasteiger partial charge in [-0.1, -0.05) is 18.7 Å². The van der Waals surface area contributed by atoms with Gasteiger partial charge in [0.05, 0.1) is 5.69 Å². The highest BCUT2D eigenvalue weighted by Gasteiger charge is 2.05. The summed E-state index contributed by atoms with van der Waals surface area (Å²) in [4.78, 5) is 4.39. The van der Waals surface area contributed by atoms with Gasteiger partial charge in [0.15, 0.2) is 0 Å². The molecule has 0 spiro atoms. The molecule has 0 bridgehead atoms. The summed E-state index contributed by atoms with van der Waals surface area (Å²) in [6.07, 6.45) is 5.96. The summed E-state index contributed by atoms with van der Waals surface area (Å²) in [5.74, 6) is 0. The Morgan fingerprint density at radius 3 is 2.50 bits per heavy atom. The molecule has 0 fully saturated rings. The van der Waals surface area contributed by atoms with Crippen LogP contribution in [0.3, 0.4) is 0 Å². The van der Waals surface area contributed by atoms with Crippen LogP contribution in [0.1, 0.15) is 37.5 Å². The fourth-order valence-electron chi connectivity index (χ4n) is 1.66. The molecular formula is C15H19N. The minimum absolute atomic E-state index is 0.994. The Morgan fingerprint density at radius 1 is 1.31 bits per heavy atom. The van der Waals surface area contributed by atoms with Crippen LogP contribution in [-0.4, -0.2) is 6.21 Å². The second-order valence-corrected chi connectivity index (χ2v) is 3.89. The molecule has 0 aliphatic carbocycles. The Hall–Kier alpha value is -1.63. The summed E-state index contributed by atoms with van der Waals surface area (Å²) in [6, 6.07) is 4.26. The number of hydrogen-bond acceptors (Lipinski definition) is 1. The maximum absolute atomic E-state index is 4.39. The molecule has 0 unspecified atom stereocenters. The fraction of sp³-hybridized carbons (Fsp3) is 0.267. The number of allylic oxidation sites excluding steroid dienone is 2. The molecule has 0 saturated heterocycles. The molecule has 1 heteroatoms. The van der Waals surface area contributed by atoms with Gasteiger partial charge in [0.2, 0.25) is 0 Å². The van der Waals surface area contributed by atoms with Crippen molar-refractivity contribution in [3.05, 3.63) is 41.5 Å². The first-order chi connectivity index (χ1) is 7.60. The molecule has 1 aromatic carbocycles. The molecule has 84 valence electrons. The predicted molar refractivity (Wildman–Crippen MR) is 74.4 cm³/mol. The molecule has 0 radical (unpaired) electrons. The van der Waals surface area contributed by atoms with Gasteiger partial charge in [-0.25, -0.2) is 0 Å². The zero-order valence-corrected chi connectivity index (χ0v) is 10.5. The van der Waals surface area contributed by atoms with Crippen molar-refractivity contribution in [3.63, 3.8) is 0 Å². The van der Waals surface area contributed by atoms with Crippen molar-refractivity contribution in [1.82, 2.24) is 0 Å². The zero-order valence-electron chi connectivity index (χ0n) is 10.5. The van der Waals surface area contributed by atoms with Crippen molar-refractivity contribution in [3.8, 4) is 0 Å². The normalized spacial score (nSPS) is 11.5. The van der Waals surface area contributed by atoms with Crippen molar-refractivity contribution < 1.29 is 0 Å². The maximum Gasteiger partial charge on any atom is 0.0706 e. The highest BCUT2D eigenvalue weighted by molar-refractivity contribution is 5.78. The van der Waals surface area contributed by atoms with E-state index in [2.05, 4.69) is 36.7 Å². The van der Waals surface area contributed by atoms with Gasteiger partial charge in [-0.3, -0.25) is 4.99 Å². The van der Waals surface area contributed by atoms with Crippen LogP contribution in [0.2, 0.25) is 0 Å². The van der Waals surface area contributed by atoms with Crippen molar-refractivity contribution in [2.24, 2.45) is 4.99 Å². The Morgan fingerprint density at radius 2 is 2.00 bits per heavy atom. The van der Waals surface area contributed by atoms with Crippen LogP contribution in [0.4, 0.5) is 5.69 Å². The van der Waals surface area contributed by atoms with Crippen molar-refractivity contribution in [2.75, 3.05) is 0 Å². The summed E-state index contributed by atoms with van der Waals surface area (Å²) in [5, 5.41) is 0. The lowest BCUT2D eigenvalue weighted by Crippen LogP contribution is -1.87. The molecule has 16 heavy (non-hydrogen) atoms. The van der Waals surface area contributed by atoms with Gasteiger partial charge in [-0.05, 0) is 56.5 Å². The molecule has 0 saturated carbocycles. The second-order valence-electron chi connectivity index (χ2n) is 3.89.